The first kappa shape index (κ1) is 13.1. The Hall–Kier alpha value is -1.91. The molecular formula is C15H21N5. The fourth-order valence-corrected chi connectivity index (χ4v) is 3.22. The van der Waals surface area contributed by atoms with Gasteiger partial charge < -0.3 is 5.73 Å². The van der Waals surface area contributed by atoms with Crippen LogP contribution in [0.2, 0.25) is 0 Å². The lowest BCUT2D eigenvalue weighted by atomic mass is 9.83. The lowest BCUT2D eigenvalue weighted by Gasteiger charge is -2.27. The van der Waals surface area contributed by atoms with Crippen molar-refractivity contribution in [1.82, 2.24) is 20.2 Å². The summed E-state index contributed by atoms with van der Waals surface area (Å²) in [5, 5.41) is 12.2. The molecule has 106 valence electrons. The largest absolute Gasteiger partial charge is 0.399 e. The standard InChI is InChI=1S/C15H21N5/c1-2-15(9-3-4-10-15)11-20-14(17-18-19-20)12-5-7-13(16)8-6-12/h5-8H,2-4,9-11,16H2,1H3. The minimum atomic E-state index is 0.373. The molecule has 0 unspecified atom stereocenters. The van der Waals surface area contributed by atoms with Crippen molar-refractivity contribution >= 4 is 5.69 Å². The molecule has 3 rings (SSSR count). The number of anilines is 1. The second-order valence-corrected chi connectivity index (χ2v) is 5.84. The minimum Gasteiger partial charge on any atom is -0.399 e. The first-order chi connectivity index (χ1) is 9.72. The summed E-state index contributed by atoms with van der Waals surface area (Å²) in [6.07, 6.45) is 6.41. The normalized spacial score (nSPS) is 17.4. The fraction of sp³-hybridized carbons (Fsp3) is 0.533. The van der Waals surface area contributed by atoms with Gasteiger partial charge in [-0.05, 0) is 59.4 Å². The Morgan fingerprint density at radius 3 is 2.55 bits per heavy atom. The van der Waals surface area contributed by atoms with Crippen molar-refractivity contribution in [3.8, 4) is 11.4 Å². The molecule has 0 radical (unpaired) electrons. The predicted molar refractivity (Wildman–Crippen MR) is 78.9 cm³/mol. The smallest absolute Gasteiger partial charge is 0.182 e. The van der Waals surface area contributed by atoms with Gasteiger partial charge in [0, 0.05) is 11.3 Å². The van der Waals surface area contributed by atoms with Gasteiger partial charge in [0.15, 0.2) is 5.82 Å². The van der Waals surface area contributed by atoms with Crippen molar-refractivity contribution in [3.05, 3.63) is 24.3 Å². The topological polar surface area (TPSA) is 69.6 Å². The van der Waals surface area contributed by atoms with Crippen molar-refractivity contribution in [2.24, 2.45) is 5.41 Å². The lowest BCUT2D eigenvalue weighted by Crippen LogP contribution is -2.24. The van der Waals surface area contributed by atoms with E-state index >= 15 is 0 Å². The molecule has 1 heterocycles. The molecular weight excluding hydrogens is 250 g/mol. The Kier molecular flexibility index (Phi) is 3.42. The molecule has 1 aromatic heterocycles. The summed E-state index contributed by atoms with van der Waals surface area (Å²) in [5.74, 6) is 0.838. The Balaban J connectivity index is 1.88. The van der Waals surface area contributed by atoms with E-state index in [1.807, 2.05) is 28.9 Å². The molecule has 0 spiro atoms. The molecule has 5 heteroatoms. The molecule has 5 nitrogen and oxygen atoms in total. The van der Waals surface area contributed by atoms with E-state index in [2.05, 4.69) is 22.4 Å². The van der Waals surface area contributed by atoms with Crippen molar-refractivity contribution in [2.45, 2.75) is 45.6 Å². The molecule has 0 saturated heterocycles. The van der Waals surface area contributed by atoms with Crippen LogP contribution in [-0.2, 0) is 6.54 Å². The zero-order chi connectivity index (χ0) is 14.0. The van der Waals surface area contributed by atoms with E-state index < -0.39 is 0 Å². The lowest BCUT2D eigenvalue weighted by molar-refractivity contribution is 0.226. The molecule has 1 fully saturated rings. The zero-order valence-corrected chi connectivity index (χ0v) is 11.9. The van der Waals surface area contributed by atoms with E-state index in [0.29, 0.717) is 5.41 Å². The van der Waals surface area contributed by atoms with E-state index in [1.54, 1.807) is 0 Å². The maximum Gasteiger partial charge on any atom is 0.182 e. The van der Waals surface area contributed by atoms with Crippen LogP contribution in [-0.4, -0.2) is 20.2 Å². The molecule has 0 bridgehead atoms. The van der Waals surface area contributed by atoms with E-state index in [4.69, 9.17) is 5.73 Å². The van der Waals surface area contributed by atoms with Gasteiger partial charge >= 0.3 is 0 Å². The van der Waals surface area contributed by atoms with Gasteiger partial charge in [-0.15, -0.1) is 5.10 Å². The summed E-state index contributed by atoms with van der Waals surface area (Å²) in [7, 11) is 0. The van der Waals surface area contributed by atoms with Crippen LogP contribution in [0.4, 0.5) is 5.69 Å². The first-order valence-corrected chi connectivity index (χ1v) is 7.34. The number of rotatable bonds is 4. The van der Waals surface area contributed by atoms with Crippen molar-refractivity contribution in [3.63, 3.8) is 0 Å². The van der Waals surface area contributed by atoms with Crippen molar-refractivity contribution in [2.75, 3.05) is 5.73 Å². The van der Waals surface area contributed by atoms with Crippen LogP contribution in [0.15, 0.2) is 24.3 Å². The van der Waals surface area contributed by atoms with Crippen LogP contribution in [0.25, 0.3) is 11.4 Å². The molecule has 20 heavy (non-hydrogen) atoms. The van der Waals surface area contributed by atoms with Crippen LogP contribution in [0.3, 0.4) is 0 Å². The molecule has 2 aromatic rings. The minimum absolute atomic E-state index is 0.373. The van der Waals surface area contributed by atoms with E-state index in [-0.39, 0.29) is 0 Å². The van der Waals surface area contributed by atoms with Crippen molar-refractivity contribution in [1.29, 1.82) is 0 Å². The molecule has 1 aliphatic rings. The SMILES string of the molecule is CCC1(Cn2nnnc2-c2ccc(N)cc2)CCCC1. The highest BCUT2D eigenvalue weighted by Gasteiger charge is 2.33. The van der Waals surface area contributed by atoms with E-state index in [9.17, 15) is 0 Å². The summed E-state index contributed by atoms with van der Waals surface area (Å²) >= 11 is 0. The highest BCUT2D eigenvalue weighted by Crippen LogP contribution is 2.42. The van der Waals surface area contributed by atoms with Crippen LogP contribution >= 0.6 is 0 Å². The molecule has 0 aliphatic heterocycles. The second-order valence-electron chi connectivity index (χ2n) is 5.84. The van der Waals surface area contributed by atoms with Crippen LogP contribution in [0.1, 0.15) is 39.0 Å². The van der Waals surface area contributed by atoms with Gasteiger partial charge in [-0.1, -0.05) is 19.8 Å². The molecule has 0 atom stereocenters. The number of tetrazole rings is 1. The number of nitrogens with two attached hydrogens (primary N) is 1. The van der Waals surface area contributed by atoms with Crippen LogP contribution < -0.4 is 5.73 Å². The van der Waals surface area contributed by atoms with Crippen LogP contribution in [0, 0.1) is 5.41 Å². The summed E-state index contributed by atoms with van der Waals surface area (Å²) in [6.45, 7) is 3.19. The summed E-state index contributed by atoms with van der Waals surface area (Å²) in [6, 6.07) is 7.73. The number of nitrogen functional groups attached to an aromatic ring is 1. The Bertz CT molecular complexity index is 566. The average Bonchev–Trinajstić information content (AvgIpc) is 3.10. The molecule has 2 N–H and O–H groups in total. The Morgan fingerprint density at radius 1 is 1.20 bits per heavy atom. The second kappa shape index (κ2) is 5.23. The number of hydrogen-bond donors (Lipinski definition) is 1. The van der Waals surface area contributed by atoms with Gasteiger partial charge in [0.25, 0.3) is 0 Å². The molecule has 1 aromatic carbocycles. The summed E-state index contributed by atoms with van der Waals surface area (Å²) in [4.78, 5) is 0. The summed E-state index contributed by atoms with van der Waals surface area (Å²) in [5.41, 5.74) is 7.89. The van der Waals surface area contributed by atoms with Gasteiger partial charge in [0.05, 0.1) is 6.54 Å². The van der Waals surface area contributed by atoms with Gasteiger partial charge in [-0.2, -0.15) is 0 Å². The predicted octanol–water partition coefficient (Wildman–Crippen LogP) is 2.89. The quantitative estimate of drug-likeness (QED) is 0.868. The summed E-state index contributed by atoms with van der Waals surface area (Å²) < 4.78 is 1.96. The monoisotopic (exact) mass is 271 g/mol. The number of aromatic nitrogens is 4. The van der Waals surface area contributed by atoms with Gasteiger partial charge in [-0.3, -0.25) is 0 Å². The Labute approximate surface area is 119 Å². The maximum absolute atomic E-state index is 5.73. The Morgan fingerprint density at radius 2 is 1.90 bits per heavy atom. The maximum atomic E-state index is 5.73. The average molecular weight is 271 g/mol. The molecule has 1 aliphatic carbocycles. The van der Waals surface area contributed by atoms with Gasteiger partial charge in [-0.25, -0.2) is 4.68 Å². The third-order valence-electron chi connectivity index (χ3n) is 4.60. The van der Waals surface area contributed by atoms with E-state index in [1.165, 1.54) is 32.1 Å². The van der Waals surface area contributed by atoms with E-state index in [0.717, 1.165) is 23.6 Å². The van der Waals surface area contributed by atoms with Gasteiger partial charge in [0.2, 0.25) is 0 Å². The number of benzene rings is 1. The number of hydrogen-bond acceptors (Lipinski definition) is 4. The van der Waals surface area contributed by atoms with Gasteiger partial charge in [0.1, 0.15) is 0 Å². The van der Waals surface area contributed by atoms with Crippen LogP contribution in [0.5, 0.6) is 0 Å². The first-order valence-electron chi connectivity index (χ1n) is 7.34. The zero-order valence-electron chi connectivity index (χ0n) is 11.9. The molecule has 0 amide bonds. The fourth-order valence-electron chi connectivity index (χ4n) is 3.22. The highest BCUT2D eigenvalue weighted by molar-refractivity contribution is 5.58. The third kappa shape index (κ3) is 2.40. The van der Waals surface area contributed by atoms with Crippen molar-refractivity contribution < 1.29 is 0 Å². The molecule has 1 saturated carbocycles. The number of nitrogens with zero attached hydrogens (tertiary/aromatic N) is 4. The highest BCUT2D eigenvalue weighted by atomic mass is 15.5. The third-order valence-corrected chi connectivity index (χ3v) is 4.60.